The van der Waals surface area contributed by atoms with Crippen molar-refractivity contribution >= 4 is 50.5 Å². The van der Waals surface area contributed by atoms with Gasteiger partial charge in [-0.25, -0.2) is 15.0 Å². The second-order valence-electron chi connectivity index (χ2n) is 6.51. The number of thiophene rings is 1. The number of halogens is 1. The van der Waals surface area contributed by atoms with Crippen LogP contribution in [0.3, 0.4) is 0 Å². The molecule has 3 rings (SSSR count). The van der Waals surface area contributed by atoms with Crippen molar-refractivity contribution in [2.24, 2.45) is 5.10 Å². The Morgan fingerprint density at radius 1 is 1.33 bits per heavy atom. The number of esters is 1. The lowest BCUT2D eigenvalue weighted by Gasteiger charge is -2.12. The topological polar surface area (TPSA) is 109 Å². The second kappa shape index (κ2) is 9.94. The number of nitrogens with one attached hydrogen (secondary N) is 2. The van der Waals surface area contributed by atoms with E-state index in [0.29, 0.717) is 20.6 Å². The van der Waals surface area contributed by atoms with E-state index in [1.54, 1.807) is 19.1 Å². The van der Waals surface area contributed by atoms with E-state index in [2.05, 4.69) is 31.8 Å². The summed E-state index contributed by atoms with van der Waals surface area (Å²) in [5.74, 6) is -0.163. The number of phenols is 1. The molecule has 8 nitrogen and oxygen atoms in total. The van der Waals surface area contributed by atoms with E-state index in [0.717, 1.165) is 36.1 Å². The minimum Gasteiger partial charge on any atom is -0.503 e. The zero-order valence-electron chi connectivity index (χ0n) is 16.6. The molecule has 1 aromatic heterocycles. The molecule has 0 saturated carbocycles. The lowest BCUT2D eigenvalue weighted by Crippen LogP contribution is -2.25. The Balaban J connectivity index is 1.72. The average molecular weight is 496 g/mol. The average Bonchev–Trinajstić information content (AvgIpc) is 3.08. The number of hydrazone groups is 1. The molecule has 1 aliphatic carbocycles. The number of carbonyl (C=O) groups excluding carboxylic acids is 2. The summed E-state index contributed by atoms with van der Waals surface area (Å²) in [6, 6.07) is 2.64. The number of amides is 2. The molecule has 3 N–H and O–H groups in total. The molecule has 0 unspecified atom stereocenters. The molecular formula is C20H22BrN3O5S. The SMILES string of the molecule is CCOC(=O)c1c(NC(=O)N/N=C\c2cc(Br)c(O)c(OC)c2)sc2c1CCCC2. The van der Waals surface area contributed by atoms with Gasteiger partial charge in [0.2, 0.25) is 0 Å². The van der Waals surface area contributed by atoms with E-state index in [4.69, 9.17) is 9.47 Å². The molecule has 10 heteroatoms. The summed E-state index contributed by atoms with van der Waals surface area (Å²) < 4.78 is 10.7. The van der Waals surface area contributed by atoms with E-state index < -0.39 is 12.0 Å². The van der Waals surface area contributed by atoms with Crippen LogP contribution in [0.15, 0.2) is 21.7 Å². The van der Waals surface area contributed by atoms with Gasteiger partial charge in [-0.3, -0.25) is 5.32 Å². The van der Waals surface area contributed by atoms with Crippen LogP contribution in [0, 0.1) is 0 Å². The molecule has 0 radical (unpaired) electrons. The van der Waals surface area contributed by atoms with Crippen molar-refractivity contribution in [3.8, 4) is 11.5 Å². The number of urea groups is 1. The summed E-state index contributed by atoms with van der Waals surface area (Å²) in [6.45, 7) is 2.02. The lowest BCUT2D eigenvalue weighted by molar-refractivity contribution is 0.0526. The van der Waals surface area contributed by atoms with Gasteiger partial charge in [-0.15, -0.1) is 11.3 Å². The third kappa shape index (κ3) is 4.93. The maximum atomic E-state index is 12.4. The van der Waals surface area contributed by atoms with Crippen LogP contribution < -0.4 is 15.5 Å². The number of carbonyl (C=O) groups is 2. The summed E-state index contributed by atoms with van der Waals surface area (Å²) in [7, 11) is 1.44. The van der Waals surface area contributed by atoms with Gasteiger partial charge in [0, 0.05) is 4.88 Å². The highest BCUT2D eigenvalue weighted by Gasteiger charge is 2.27. The predicted octanol–water partition coefficient (Wildman–Crippen LogP) is 4.44. The van der Waals surface area contributed by atoms with Crippen molar-refractivity contribution in [3.63, 3.8) is 0 Å². The first-order valence-electron chi connectivity index (χ1n) is 9.42. The van der Waals surface area contributed by atoms with Crippen molar-refractivity contribution < 1.29 is 24.2 Å². The zero-order chi connectivity index (χ0) is 21.7. The number of hydrogen-bond acceptors (Lipinski definition) is 7. The molecule has 2 aromatic rings. The quantitative estimate of drug-likeness (QED) is 0.311. The van der Waals surface area contributed by atoms with Gasteiger partial charge in [0.15, 0.2) is 11.5 Å². The normalized spacial score (nSPS) is 13.0. The Kier molecular flexibility index (Phi) is 7.33. The molecule has 0 saturated heterocycles. The highest BCUT2D eigenvalue weighted by Crippen LogP contribution is 2.38. The third-order valence-corrected chi connectivity index (χ3v) is 6.34. The predicted molar refractivity (Wildman–Crippen MR) is 119 cm³/mol. The molecule has 1 aromatic carbocycles. The molecule has 0 aliphatic heterocycles. The fourth-order valence-corrected chi connectivity index (χ4v) is 4.93. The molecule has 1 aliphatic rings. The van der Waals surface area contributed by atoms with Gasteiger partial charge in [0.1, 0.15) is 5.00 Å². The number of rotatable bonds is 6. The Hall–Kier alpha value is -2.59. The first-order valence-corrected chi connectivity index (χ1v) is 11.0. The van der Waals surface area contributed by atoms with Gasteiger partial charge in [-0.2, -0.15) is 5.10 Å². The monoisotopic (exact) mass is 495 g/mol. The first-order chi connectivity index (χ1) is 14.4. The van der Waals surface area contributed by atoms with E-state index in [1.165, 1.54) is 24.7 Å². The highest BCUT2D eigenvalue weighted by molar-refractivity contribution is 9.10. The van der Waals surface area contributed by atoms with Crippen LogP contribution in [0.1, 0.15) is 46.1 Å². The number of methoxy groups -OCH3 is 1. The molecule has 30 heavy (non-hydrogen) atoms. The molecule has 160 valence electrons. The minimum atomic E-state index is -0.569. The summed E-state index contributed by atoms with van der Waals surface area (Å²) in [5, 5.41) is 17.0. The Morgan fingerprint density at radius 3 is 2.83 bits per heavy atom. The minimum absolute atomic E-state index is 0.0199. The zero-order valence-corrected chi connectivity index (χ0v) is 19.0. The molecule has 0 fully saturated rings. The van der Waals surface area contributed by atoms with Crippen molar-refractivity contribution in [1.29, 1.82) is 0 Å². The Morgan fingerprint density at radius 2 is 2.10 bits per heavy atom. The summed E-state index contributed by atoms with van der Waals surface area (Å²) in [6.07, 6.45) is 5.19. The standard InChI is InChI=1S/C20H22BrN3O5S/c1-3-29-19(26)16-12-6-4-5-7-15(12)30-18(16)23-20(27)24-22-10-11-8-13(21)17(25)14(9-11)28-2/h8-10,25H,3-7H2,1-2H3,(H2,23,24,27)/b22-10-. The van der Waals surface area contributed by atoms with Crippen molar-refractivity contribution in [1.82, 2.24) is 5.43 Å². The van der Waals surface area contributed by atoms with Crippen molar-refractivity contribution in [2.75, 3.05) is 19.0 Å². The number of aromatic hydroxyl groups is 1. The fourth-order valence-electron chi connectivity index (χ4n) is 3.19. The van der Waals surface area contributed by atoms with Crippen molar-refractivity contribution in [2.45, 2.75) is 32.6 Å². The molecule has 2 amide bonds. The molecule has 0 bridgehead atoms. The van der Waals surface area contributed by atoms with Crippen LogP contribution in [0.5, 0.6) is 11.5 Å². The number of anilines is 1. The second-order valence-corrected chi connectivity index (χ2v) is 8.47. The van der Waals surface area contributed by atoms with Gasteiger partial charge >= 0.3 is 12.0 Å². The number of phenolic OH excluding ortho intramolecular Hbond substituents is 1. The van der Waals surface area contributed by atoms with Gasteiger partial charge < -0.3 is 14.6 Å². The number of ether oxygens (including phenoxy) is 2. The Labute approximate surface area is 186 Å². The molecular weight excluding hydrogens is 474 g/mol. The van der Waals surface area contributed by atoms with Gasteiger partial charge in [-0.1, -0.05) is 0 Å². The van der Waals surface area contributed by atoms with Gasteiger partial charge in [-0.05, 0) is 71.8 Å². The first kappa shape index (κ1) is 22.1. The number of hydrogen-bond donors (Lipinski definition) is 3. The number of benzene rings is 1. The van der Waals surface area contributed by atoms with E-state index in [1.807, 2.05) is 0 Å². The summed E-state index contributed by atoms with van der Waals surface area (Å²) in [4.78, 5) is 25.9. The summed E-state index contributed by atoms with van der Waals surface area (Å²) >= 11 is 4.64. The molecule has 0 atom stereocenters. The number of nitrogens with zero attached hydrogens (tertiary/aromatic N) is 1. The van der Waals surface area contributed by atoms with Crippen LogP contribution in [0.2, 0.25) is 0 Å². The largest absolute Gasteiger partial charge is 0.503 e. The van der Waals surface area contributed by atoms with E-state index in [-0.39, 0.29) is 18.1 Å². The lowest BCUT2D eigenvalue weighted by atomic mass is 9.95. The third-order valence-electron chi connectivity index (χ3n) is 4.53. The van der Waals surface area contributed by atoms with Crippen LogP contribution in [0.4, 0.5) is 9.80 Å². The van der Waals surface area contributed by atoms with Crippen LogP contribution in [-0.4, -0.2) is 37.0 Å². The molecule has 0 spiro atoms. The number of aryl methyl sites for hydroxylation is 1. The Bertz CT molecular complexity index is 989. The van der Waals surface area contributed by atoms with Crippen molar-refractivity contribution in [3.05, 3.63) is 38.2 Å². The van der Waals surface area contributed by atoms with Gasteiger partial charge in [0.05, 0.1) is 30.0 Å². The maximum absolute atomic E-state index is 12.4. The van der Waals surface area contributed by atoms with Crippen LogP contribution >= 0.6 is 27.3 Å². The summed E-state index contributed by atoms with van der Waals surface area (Å²) in [5.41, 5.74) is 4.42. The van der Waals surface area contributed by atoms with Crippen LogP contribution in [0.25, 0.3) is 0 Å². The highest BCUT2D eigenvalue weighted by atomic mass is 79.9. The van der Waals surface area contributed by atoms with Crippen LogP contribution in [-0.2, 0) is 17.6 Å². The fraction of sp³-hybridized carbons (Fsp3) is 0.350. The maximum Gasteiger partial charge on any atom is 0.341 e. The van der Waals surface area contributed by atoms with E-state index in [9.17, 15) is 14.7 Å². The van der Waals surface area contributed by atoms with Gasteiger partial charge in [0.25, 0.3) is 0 Å². The number of fused-ring (bicyclic) bond motifs is 1. The van der Waals surface area contributed by atoms with E-state index >= 15 is 0 Å². The molecule has 1 heterocycles. The smallest absolute Gasteiger partial charge is 0.341 e.